The van der Waals surface area contributed by atoms with Gasteiger partial charge in [-0.2, -0.15) is 4.80 Å². The van der Waals surface area contributed by atoms with Crippen LogP contribution in [0.4, 0.5) is 5.95 Å². The fourth-order valence-corrected chi connectivity index (χ4v) is 2.73. The molecule has 25 heavy (non-hydrogen) atoms. The van der Waals surface area contributed by atoms with Gasteiger partial charge in [-0.3, -0.25) is 0 Å². The number of benzene rings is 2. The van der Waals surface area contributed by atoms with Crippen LogP contribution in [0.15, 0.2) is 54.9 Å². The summed E-state index contributed by atoms with van der Waals surface area (Å²) >= 11 is 6.16. The van der Waals surface area contributed by atoms with Gasteiger partial charge in [0, 0.05) is 22.5 Å². The van der Waals surface area contributed by atoms with Crippen LogP contribution in [0.1, 0.15) is 0 Å². The Balaban J connectivity index is 1.69. The minimum Gasteiger partial charge on any atom is -0.352 e. The van der Waals surface area contributed by atoms with Crippen LogP contribution in [0.3, 0.4) is 0 Å². The number of halogens is 1. The molecule has 7 nitrogen and oxygen atoms in total. The van der Waals surface area contributed by atoms with E-state index < -0.39 is 0 Å². The summed E-state index contributed by atoms with van der Waals surface area (Å²) in [5.74, 6) is 0.550. The summed E-state index contributed by atoms with van der Waals surface area (Å²) in [5, 5.41) is 16.3. The lowest BCUT2D eigenvalue weighted by Crippen LogP contribution is -2.14. The predicted octanol–water partition coefficient (Wildman–Crippen LogP) is 3.05. The fraction of sp³-hybridized carbons (Fsp3) is 0.118. The van der Waals surface area contributed by atoms with E-state index in [1.807, 2.05) is 48.5 Å². The highest BCUT2D eigenvalue weighted by Crippen LogP contribution is 2.29. The van der Waals surface area contributed by atoms with E-state index in [0.717, 1.165) is 22.2 Å². The molecule has 0 aliphatic rings. The van der Waals surface area contributed by atoms with E-state index in [1.165, 1.54) is 11.1 Å². The Kier molecular flexibility index (Phi) is 4.22. The molecule has 2 heterocycles. The van der Waals surface area contributed by atoms with Crippen LogP contribution in [0.25, 0.3) is 22.2 Å². The van der Waals surface area contributed by atoms with Crippen molar-refractivity contribution < 1.29 is 0 Å². The second-order valence-corrected chi connectivity index (χ2v) is 5.82. The first-order valence-corrected chi connectivity index (χ1v) is 8.15. The van der Waals surface area contributed by atoms with Crippen LogP contribution in [-0.4, -0.2) is 36.7 Å². The van der Waals surface area contributed by atoms with Crippen LogP contribution in [0.5, 0.6) is 0 Å². The summed E-state index contributed by atoms with van der Waals surface area (Å²) < 4.78 is 0. The van der Waals surface area contributed by atoms with Crippen LogP contribution < -0.4 is 5.32 Å². The van der Waals surface area contributed by atoms with Gasteiger partial charge in [-0.1, -0.05) is 41.9 Å². The molecule has 0 fully saturated rings. The number of rotatable bonds is 5. The first-order chi connectivity index (χ1) is 12.3. The monoisotopic (exact) mass is 351 g/mol. The molecule has 0 atom stereocenters. The third-order valence-electron chi connectivity index (χ3n) is 3.69. The Morgan fingerprint density at radius 1 is 1.04 bits per heavy atom. The van der Waals surface area contributed by atoms with Crippen molar-refractivity contribution in [2.45, 2.75) is 6.54 Å². The number of anilines is 1. The largest absolute Gasteiger partial charge is 0.352 e. The third kappa shape index (κ3) is 3.41. The maximum Gasteiger partial charge on any atom is 0.223 e. The Labute approximate surface area is 148 Å². The van der Waals surface area contributed by atoms with Crippen molar-refractivity contribution in [1.82, 2.24) is 30.2 Å². The summed E-state index contributed by atoms with van der Waals surface area (Å²) in [7, 11) is 0. The van der Waals surface area contributed by atoms with E-state index in [4.69, 9.17) is 11.6 Å². The van der Waals surface area contributed by atoms with Crippen molar-refractivity contribution >= 4 is 28.5 Å². The molecule has 0 saturated heterocycles. The summed E-state index contributed by atoms with van der Waals surface area (Å²) in [6.07, 6.45) is 1.41. The first kappa shape index (κ1) is 15.5. The maximum absolute atomic E-state index is 6.16. The summed E-state index contributed by atoms with van der Waals surface area (Å²) in [5.41, 5.74) is 2.69. The van der Waals surface area contributed by atoms with Crippen molar-refractivity contribution in [3.05, 3.63) is 59.9 Å². The minimum atomic E-state index is 0.550. The third-order valence-corrected chi connectivity index (χ3v) is 3.93. The van der Waals surface area contributed by atoms with Crippen molar-refractivity contribution in [3.63, 3.8) is 0 Å². The highest BCUT2D eigenvalue weighted by molar-refractivity contribution is 6.31. The predicted molar refractivity (Wildman–Crippen MR) is 96.3 cm³/mol. The average Bonchev–Trinajstić information content (AvgIpc) is 3.15. The quantitative estimate of drug-likeness (QED) is 0.595. The van der Waals surface area contributed by atoms with Crippen molar-refractivity contribution in [1.29, 1.82) is 0 Å². The number of fused-ring (bicyclic) bond motifs is 1. The Bertz CT molecular complexity index is 987. The lowest BCUT2D eigenvalue weighted by atomic mass is 10.1. The topological polar surface area (TPSA) is 81.4 Å². The zero-order chi connectivity index (χ0) is 17.1. The Hall–Kier alpha value is -3.06. The summed E-state index contributed by atoms with van der Waals surface area (Å²) in [6, 6.07) is 15.6. The van der Waals surface area contributed by atoms with Gasteiger partial charge in [0.1, 0.15) is 0 Å². The molecule has 2 aromatic heterocycles. The lowest BCUT2D eigenvalue weighted by molar-refractivity contribution is 0.538. The zero-order valence-corrected chi connectivity index (χ0v) is 13.9. The Morgan fingerprint density at radius 2 is 1.92 bits per heavy atom. The van der Waals surface area contributed by atoms with E-state index >= 15 is 0 Å². The molecule has 8 heteroatoms. The van der Waals surface area contributed by atoms with Crippen molar-refractivity contribution in [2.75, 3.05) is 11.9 Å². The van der Waals surface area contributed by atoms with Gasteiger partial charge in [0.15, 0.2) is 6.33 Å². The molecule has 4 rings (SSSR count). The molecule has 0 unspecified atom stereocenters. The standard InChI is InChI=1S/C17H14ClN7/c18-13-6-7-15-14(10-13)16(12-4-2-1-3-5-12)23-17(22-15)19-8-9-25-21-11-20-24-25/h1-7,10-11H,8-9H2,(H,19,22,23). The van der Waals surface area contributed by atoms with Crippen LogP contribution in [0.2, 0.25) is 5.02 Å². The molecule has 2 aromatic carbocycles. The minimum absolute atomic E-state index is 0.550. The van der Waals surface area contributed by atoms with Gasteiger partial charge < -0.3 is 5.32 Å². The highest BCUT2D eigenvalue weighted by Gasteiger charge is 2.10. The first-order valence-electron chi connectivity index (χ1n) is 7.77. The molecule has 124 valence electrons. The van der Waals surface area contributed by atoms with E-state index in [9.17, 15) is 0 Å². The number of aromatic nitrogens is 6. The van der Waals surface area contributed by atoms with Crippen molar-refractivity contribution in [3.8, 4) is 11.3 Å². The van der Waals surface area contributed by atoms with Gasteiger partial charge in [0.05, 0.1) is 17.8 Å². The number of tetrazole rings is 1. The van der Waals surface area contributed by atoms with Crippen LogP contribution in [-0.2, 0) is 6.54 Å². The number of hydrogen-bond acceptors (Lipinski definition) is 6. The molecule has 4 aromatic rings. The Morgan fingerprint density at radius 3 is 2.72 bits per heavy atom. The molecule has 0 amide bonds. The lowest BCUT2D eigenvalue weighted by Gasteiger charge is -2.10. The second-order valence-electron chi connectivity index (χ2n) is 5.38. The fourth-order valence-electron chi connectivity index (χ4n) is 2.55. The normalized spacial score (nSPS) is 10.9. The van der Waals surface area contributed by atoms with Gasteiger partial charge in [-0.25, -0.2) is 9.97 Å². The van der Waals surface area contributed by atoms with Gasteiger partial charge in [-0.15, -0.1) is 10.2 Å². The summed E-state index contributed by atoms with van der Waals surface area (Å²) in [6.45, 7) is 1.16. The number of nitrogens with one attached hydrogen (secondary N) is 1. The van der Waals surface area contributed by atoms with Crippen molar-refractivity contribution in [2.24, 2.45) is 0 Å². The molecular formula is C17H14ClN7. The smallest absolute Gasteiger partial charge is 0.223 e. The van der Waals surface area contributed by atoms with Gasteiger partial charge in [0.25, 0.3) is 0 Å². The number of hydrogen-bond donors (Lipinski definition) is 1. The number of nitrogens with zero attached hydrogens (tertiary/aromatic N) is 6. The van der Waals surface area contributed by atoms with E-state index in [0.29, 0.717) is 24.1 Å². The second kappa shape index (κ2) is 6.82. The molecule has 0 bridgehead atoms. The van der Waals surface area contributed by atoms with Crippen LogP contribution in [0, 0.1) is 0 Å². The summed E-state index contributed by atoms with van der Waals surface area (Å²) in [4.78, 5) is 10.8. The molecule has 1 N–H and O–H groups in total. The average molecular weight is 352 g/mol. The molecule has 0 spiro atoms. The molecule has 0 saturated carbocycles. The molecule has 0 aliphatic carbocycles. The maximum atomic E-state index is 6.16. The van der Waals surface area contributed by atoms with E-state index in [1.54, 1.807) is 0 Å². The molecule has 0 aliphatic heterocycles. The van der Waals surface area contributed by atoms with Gasteiger partial charge in [0.2, 0.25) is 5.95 Å². The van der Waals surface area contributed by atoms with E-state index in [2.05, 4.69) is 30.7 Å². The van der Waals surface area contributed by atoms with E-state index in [-0.39, 0.29) is 0 Å². The zero-order valence-electron chi connectivity index (χ0n) is 13.2. The van der Waals surface area contributed by atoms with Gasteiger partial charge >= 0.3 is 0 Å². The molecule has 0 radical (unpaired) electrons. The highest BCUT2D eigenvalue weighted by atomic mass is 35.5. The SMILES string of the molecule is Clc1ccc2nc(NCCn3ncnn3)nc(-c3ccccc3)c2c1. The van der Waals surface area contributed by atoms with Crippen LogP contribution >= 0.6 is 11.6 Å². The van der Waals surface area contributed by atoms with Gasteiger partial charge in [-0.05, 0) is 23.4 Å². The molecular weight excluding hydrogens is 338 g/mol.